The fourth-order valence-corrected chi connectivity index (χ4v) is 3.31. The highest BCUT2D eigenvalue weighted by Gasteiger charge is 2.32. The van der Waals surface area contributed by atoms with E-state index >= 15 is 0 Å². The third-order valence-electron chi connectivity index (χ3n) is 4.48. The van der Waals surface area contributed by atoms with Crippen molar-refractivity contribution < 1.29 is 9.13 Å². The Labute approximate surface area is 144 Å². The van der Waals surface area contributed by atoms with E-state index in [2.05, 4.69) is 15.4 Å². The molecule has 2 heterocycles. The average Bonchev–Trinajstić information content (AvgIpc) is 3.01. The number of hydrogen-bond donors (Lipinski definition) is 2. The van der Waals surface area contributed by atoms with Gasteiger partial charge in [0.15, 0.2) is 0 Å². The predicted octanol–water partition coefficient (Wildman–Crippen LogP) is 3.15. The van der Waals surface area contributed by atoms with Gasteiger partial charge in [0.25, 0.3) is 0 Å². The molecule has 0 bridgehead atoms. The van der Waals surface area contributed by atoms with Crippen LogP contribution in [0.2, 0.25) is 0 Å². The topological polar surface area (TPSA) is 78.0 Å². The number of hydrogen-bond acceptors (Lipinski definition) is 5. The molecule has 2 aromatic carbocycles. The lowest BCUT2D eigenvalue weighted by Crippen LogP contribution is -2.28. The quantitative estimate of drug-likeness (QED) is 0.766. The highest BCUT2D eigenvalue weighted by Crippen LogP contribution is 2.40. The molecule has 0 unspecified atom stereocenters. The molecule has 0 aliphatic carbocycles. The molecule has 2 atom stereocenters. The number of nitrogens with two attached hydrogens (primary N) is 1. The summed E-state index contributed by atoms with van der Waals surface area (Å²) in [5, 5.41) is 7.67. The Kier molecular flexibility index (Phi) is 3.76. The maximum absolute atomic E-state index is 13.3. The molecule has 3 aromatic rings. The first-order valence-corrected chi connectivity index (χ1v) is 8.02. The summed E-state index contributed by atoms with van der Waals surface area (Å²) in [4.78, 5) is 4.28. The second kappa shape index (κ2) is 6.08. The summed E-state index contributed by atoms with van der Waals surface area (Å²) in [6, 6.07) is 14.2. The van der Waals surface area contributed by atoms with Gasteiger partial charge >= 0.3 is 0 Å². The zero-order chi connectivity index (χ0) is 17.4. The lowest BCUT2D eigenvalue weighted by atomic mass is 9.93. The van der Waals surface area contributed by atoms with Gasteiger partial charge in [-0.25, -0.2) is 9.07 Å². The number of rotatable bonds is 3. The molecule has 0 amide bonds. The molecule has 6 nitrogen and oxygen atoms in total. The zero-order valence-electron chi connectivity index (χ0n) is 13.7. The van der Waals surface area contributed by atoms with E-state index < -0.39 is 0 Å². The summed E-state index contributed by atoms with van der Waals surface area (Å²) in [5.74, 6) is 1.33. The fourth-order valence-electron chi connectivity index (χ4n) is 3.31. The van der Waals surface area contributed by atoms with Gasteiger partial charge in [0.2, 0.25) is 11.9 Å². The Morgan fingerprint density at radius 2 is 1.96 bits per heavy atom. The second-order valence-corrected chi connectivity index (χ2v) is 5.98. The minimum absolute atomic E-state index is 0.0355. The largest absolute Gasteiger partial charge is 0.496 e. The van der Waals surface area contributed by atoms with Crippen LogP contribution in [0.25, 0.3) is 0 Å². The van der Waals surface area contributed by atoms with Gasteiger partial charge in [-0.1, -0.05) is 30.3 Å². The molecule has 7 heteroatoms. The van der Waals surface area contributed by atoms with Crippen LogP contribution in [0.3, 0.4) is 0 Å². The summed E-state index contributed by atoms with van der Waals surface area (Å²) in [6.45, 7) is 0. The number of methoxy groups -OCH3 is 1. The van der Waals surface area contributed by atoms with Crippen molar-refractivity contribution in [3.05, 3.63) is 65.5 Å². The SMILES string of the molecule is COc1ccccc1[C@@H]1C[C@H](c2ccc(F)cc2)Nc2nc(N)nn21. The first-order chi connectivity index (χ1) is 12.2. The van der Waals surface area contributed by atoms with E-state index in [0.29, 0.717) is 12.4 Å². The van der Waals surface area contributed by atoms with Gasteiger partial charge in [0.05, 0.1) is 19.2 Å². The van der Waals surface area contributed by atoms with Crippen LogP contribution in [0, 0.1) is 5.82 Å². The van der Waals surface area contributed by atoms with Crippen LogP contribution in [0.5, 0.6) is 5.75 Å². The van der Waals surface area contributed by atoms with E-state index in [1.54, 1.807) is 23.9 Å². The van der Waals surface area contributed by atoms with E-state index in [-0.39, 0.29) is 23.8 Å². The molecule has 1 aromatic heterocycles. The molecule has 4 rings (SSSR count). The van der Waals surface area contributed by atoms with Crippen LogP contribution in [-0.2, 0) is 0 Å². The summed E-state index contributed by atoms with van der Waals surface area (Å²) in [7, 11) is 1.65. The van der Waals surface area contributed by atoms with Crippen LogP contribution in [-0.4, -0.2) is 21.9 Å². The average molecular weight is 339 g/mol. The number of fused-ring (bicyclic) bond motifs is 1. The number of halogens is 1. The minimum Gasteiger partial charge on any atom is -0.496 e. The van der Waals surface area contributed by atoms with Crippen molar-refractivity contribution >= 4 is 11.9 Å². The van der Waals surface area contributed by atoms with Crippen molar-refractivity contribution in [3.63, 3.8) is 0 Å². The molecule has 128 valence electrons. The maximum Gasteiger partial charge on any atom is 0.241 e. The molecule has 1 aliphatic heterocycles. The number of benzene rings is 2. The zero-order valence-corrected chi connectivity index (χ0v) is 13.7. The number of nitrogens with one attached hydrogen (secondary N) is 1. The molecule has 0 fully saturated rings. The van der Waals surface area contributed by atoms with E-state index in [1.807, 2.05) is 24.3 Å². The van der Waals surface area contributed by atoms with Gasteiger partial charge in [-0.3, -0.25) is 0 Å². The molecule has 0 saturated heterocycles. The van der Waals surface area contributed by atoms with Crippen molar-refractivity contribution in [3.8, 4) is 5.75 Å². The predicted molar refractivity (Wildman–Crippen MR) is 92.9 cm³/mol. The summed E-state index contributed by atoms with van der Waals surface area (Å²) in [6.07, 6.45) is 0.710. The number of para-hydroxylation sites is 1. The van der Waals surface area contributed by atoms with E-state index in [9.17, 15) is 4.39 Å². The van der Waals surface area contributed by atoms with Gasteiger partial charge in [-0.05, 0) is 30.2 Å². The van der Waals surface area contributed by atoms with Gasteiger partial charge in [0.1, 0.15) is 11.6 Å². The van der Waals surface area contributed by atoms with Crippen LogP contribution in [0.1, 0.15) is 29.6 Å². The van der Waals surface area contributed by atoms with Gasteiger partial charge in [-0.15, -0.1) is 5.10 Å². The summed E-state index contributed by atoms with van der Waals surface area (Å²) in [5.41, 5.74) is 7.79. The van der Waals surface area contributed by atoms with E-state index in [0.717, 1.165) is 16.9 Å². The Hall–Kier alpha value is -3.09. The smallest absolute Gasteiger partial charge is 0.241 e. The van der Waals surface area contributed by atoms with Crippen molar-refractivity contribution in [2.45, 2.75) is 18.5 Å². The van der Waals surface area contributed by atoms with Crippen LogP contribution in [0.4, 0.5) is 16.3 Å². The highest BCUT2D eigenvalue weighted by molar-refractivity contribution is 5.44. The number of nitrogens with zero attached hydrogens (tertiary/aromatic N) is 3. The minimum atomic E-state index is -0.256. The normalized spacial score (nSPS) is 19.1. The summed E-state index contributed by atoms with van der Waals surface area (Å²) < 4.78 is 20.6. The van der Waals surface area contributed by atoms with Crippen molar-refractivity contribution in [2.75, 3.05) is 18.2 Å². The van der Waals surface area contributed by atoms with Crippen molar-refractivity contribution in [1.82, 2.24) is 14.8 Å². The number of aromatic nitrogens is 3. The summed E-state index contributed by atoms with van der Waals surface area (Å²) >= 11 is 0. The van der Waals surface area contributed by atoms with Gasteiger partial charge in [0, 0.05) is 5.56 Å². The molecule has 1 aliphatic rings. The lowest BCUT2D eigenvalue weighted by Gasteiger charge is -2.32. The van der Waals surface area contributed by atoms with Crippen LogP contribution < -0.4 is 15.8 Å². The third kappa shape index (κ3) is 2.77. The van der Waals surface area contributed by atoms with E-state index in [4.69, 9.17) is 10.5 Å². The van der Waals surface area contributed by atoms with Crippen LogP contribution >= 0.6 is 0 Å². The van der Waals surface area contributed by atoms with Crippen molar-refractivity contribution in [2.24, 2.45) is 0 Å². The molecule has 0 radical (unpaired) electrons. The van der Waals surface area contributed by atoms with Gasteiger partial charge in [-0.2, -0.15) is 4.98 Å². The number of ether oxygens (including phenoxy) is 1. The maximum atomic E-state index is 13.3. The molecule has 3 N–H and O–H groups in total. The second-order valence-electron chi connectivity index (χ2n) is 5.98. The lowest BCUT2D eigenvalue weighted by molar-refractivity contribution is 0.380. The molecule has 25 heavy (non-hydrogen) atoms. The highest BCUT2D eigenvalue weighted by atomic mass is 19.1. The Balaban J connectivity index is 1.78. The Morgan fingerprint density at radius 3 is 2.72 bits per heavy atom. The Bertz CT molecular complexity index is 893. The van der Waals surface area contributed by atoms with E-state index in [1.165, 1.54) is 12.1 Å². The molecule has 0 saturated carbocycles. The standard InChI is InChI=1S/C18H18FN5O/c1-25-16-5-3-2-4-13(16)15-10-14(11-6-8-12(19)9-7-11)21-18-22-17(20)23-24(15)18/h2-9,14-15H,10H2,1H3,(H3,20,21,22,23)/t14-,15+/m1/s1. The van der Waals surface area contributed by atoms with Gasteiger partial charge < -0.3 is 15.8 Å². The molecular formula is C18H18FN5O. The first-order valence-electron chi connectivity index (χ1n) is 8.02. The first kappa shape index (κ1) is 15.4. The third-order valence-corrected chi connectivity index (χ3v) is 4.48. The van der Waals surface area contributed by atoms with Crippen molar-refractivity contribution in [1.29, 1.82) is 0 Å². The van der Waals surface area contributed by atoms with Crippen LogP contribution in [0.15, 0.2) is 48.5 Å². The molecular weight excluding hydrogens is 321 g/mol. The Morgan fingerprint density at radius 1 is 1.20 bits per heavy atom. The number of nitrogen functional groups attached to an aromatic ring is 1. The molecule has 0 spiro atoms. The monoisotopic (exact) mass is 339 g/mol. The number of anilines is 2. The fraction of sp³-hybridized carbons (Fsp3) is 0.222.